The molecule has 0 bridgehead atoms. The summed E-state index contributed by atoms with van der Waals surface area (Å²) in [5.74, 6) is -0.649. The van der Waals surface area contributed by atoms with Crippen LogP contribution < -0.4 is 4.72 Å². The first-order valence-corrected chi connectivity index (χ1v) is 10.9. The summed E-state index contributed by atoms with van der Waals surface area (Å²) in [6.45, 7) is 7.09. The van der Waals surface area contributed by atoms with Crippen LogP contribution in [0.3, 0.4) is 0 Å². The highest BCUT2D eigenvalue weighted by Crippen LogP contribution is 2.29. The standard InChI is InChI=1S/C20H24BrNO4S/c1-14-10-12-16(13-11-14)27(24,25)22-18(19(23)26-20(2,3)4)17(21)15-8-6-5-7-9-15/h5-13,17-18,22H,1-4H3. The zero-order chi connectivity index (χ0) is 20.2. The summed E-state index contributed by atoms with van der Waals surface area (Å²) < 4.78 is 33.6. The Labute approximate surface area is 169 Å². The van der Waals surface area contributed by atoms with Gasteiger partial charge in [0, 0.05) is 0 Å². The number of aryl methyl sites for hydroxylation is 1. The maximum atomic E-state index is 12.8. The molecule has 0 aliphatic rings. The zero-order valence-electron chi connectivity index (χ0n) is 15.8. The summed E-state index contributed by atoms with van der Waals surface area (Å²) in [4.78, 5) is 12.3. The molecule has 27 heavy (non-hydrogen) atoms. The van der Waals surface area contributed by atoms with Crippen LogP contribution in [0.25, 0.3) is 0 Å². The number of alkyl halides is 1. The lowest BCUT2D eigenvalue weighted by molar-refractivity contribution is -0.156. The molecule has 2 aromatic carbocycles. The minimum absolute atomic E-state index is 0.0921. The smallest absolute Gasteiger partial charge is 0.326 e. The first kappa shape index (κ1) is 21.6. The molecule has 5 nitrogen and oxygen atoms in total. The van der Waals surface area contributed by atoms with Crippen LogP contribution in [0.15, 0.2) is 59.5 Å². The molecule has 1 N–H and O–H groups in total. The topological polar surface area (TPSA) is 72.5 Å². The second-order valence-electron chi connectivity index (χ2n) is 7.26. The van der Waals surface area contributed by atoms with E-state index in [1.165, 1.54) is 12.1 Å². The largest absolute Gasteiger partial charge is 0.459 e. The lowest BCUT2D eigenvalue weighted by atomic mass is 10.1. The molecule has 2 aromatic rings. The number of carbonyl (C=O) groups is 1. The number of rotatable bonds is 6. The van der Waals surface area contributed by atoms with Crippen molar-refractivity contribution in [3.63, 3.8) is 0 Å². The maximum absolute atomic E-state index is 12.8. The van der Waals surface area contributed by atoms with Gasteiger partial charge in [-0.05, 0) is 45.4 Å². The van der Waals surface area contributed by atoms with Gasteiger partial charge >= 0.3 is 5.97 Å². The van der Waals surface area contributed by atoms with Crippen LogP contribution in [-0.2, 0) is 19.6 Å². The quantitative estimate of drug-likeness (QED) is 0.527. The van der Waals surface area contributed by atoms with E-state index < -0.39 is 32.5 Å². The fourth-order valence-corrected chi connectivity index (χ4v) is 4.40. The molecule has 0 fully saturated rings. The van der Waals surface area contributed by atoms with Crippen LogP contribution in [-0.4, -0.2) is 26.0 Å². The second-order valence-corrected chi connectivity index (χ2v) is 9.96. The molecule has 0 aromatic heterocycles. The number of hydrogen-bond acceptors (Lipinski definition) is 4. The summed E-state index contributed by atoms with van der Waals surface area (Å²) in [5, 5.41) is 0. The SMILES string of the molecule is Cc1ccc(S(=O)(=O)NC(C(=O)OC(C)(C)C)C(Br)c2ccccc2)cc1. The Morgan fingerprint density at radius 3 is 2.11 bits per heavy atom. The molecule has 2 rings (SSSR count). The molecule has 146 valence electrons. The minimum Gasteiger partial charge on any atom is -0.459 e. The van der Waals surface area contributed by atoms with Gasteiger partial charge in [-0.25, -0.2) is 8.42 Å². The fourth-order valence-electron chi connectivity index (χ4n) is 2.37. The summed E-state index contributed by atoms with van der Waals surface area (Å²) in [6.07, 6.45) is 0. The number of carbonyl (C=O) groups excluding carboxylic acids is 1. The molecular weight excluding hydrogens is 430 g/mol. The van der Waals surface area contributed by atoms with Crippen LogP contribution in [0, 0.1) is 6.92 Å². The summed E-state index contributed by atoms with van der Waals surface area (Å²) in [7, 11) is -3.91. The van der Waals surface area contributed by atoms with Gasteiger partial charge in [0.25, 0.3) is 0 Å². The van der Waals surface area contributed by atoms with E-state index in [-0.39, 0.29) is 4.90 Å². The van der Waals surface area contributed by atoms with Crippen molar-refractivity contribution in [3.05, 3.63) is 65.7 Å². The highest BCUT2D eigenvalue weighted by atomic mass is 79.9. The molecule has 0 aliphatic carbocycles. The first-order chi connectivity index (χ1) is 12.5. The predicted molar refractivity (Wildman–Crippen MR) is 109 cm³/mol. The molecule has 0 radical (unpaired) electrons. The van der Waals surface area contributed by atoms with Crippen LogP contribution in [0.1, 0.15) is 36.7 Å². The van der Waals surface area contributed by atoms with Crippen molar-refractivity contribution >= 4 is 31.9 Å². The monoisotopic (exact) mass is 453 g/mol. The van der Waals surface area contributed by atoms with Crippen molar-refractivity contribution < 1.29 is 17.9 Å². The normalized spacial score (nSPS) is 14.4. The van der Waals surface area contributed by atoms with Gasteiger partial charge < -0.3 is 4.74 Å². The molecule has 0 amide bonds. The van der Waals surface area contributed by atoms with E-state index >= 15 is 0 Å². The summed E-state index contributed by atoms with van der Waals surface area (Å²) in [5.41, 5.74) is 0.967. The number of nitrogens with one attached hydrogen (secondary N) is 1. The van der Waals surface area contributed by atoms with Gasteiger partial charge in [-0.15, -0.1) is 0 Å². The Morgan fingerprint density at radius 1 is 1.04 bits per heavy atom. The third-order valence-electron chi connectivity index (χ3n) is 3.68. The molecule has 2 unspecified atom stereocenters. The van der Waals surface area contributed by atoms with Crippen LogP contribution >= 0.6 is 15.9 Å². The Kier molecular flexibility index (Phi) is 6.83. The van der Waals surface area contributed by atoms with E-state index in [0.29, 0.717) is 0 Å². The Morgan fingerprint density at radius 2 is 1.59 bits per heavy atom. The van der Waals surface area contributed by atoms with Crippen molar-refractivity contribution in [1.82, 2.24) is 4.72 Å². The zero-order valence-corrected chi connectivity index (χ0v) is 18.2. The third-order valence-corrected chi connectivity index (χ3v) is 6.20. The average molecular weight is 454 g/mol. The highest BCUT2D eigenvalue weighted by molar-refractivity contribution is 9.09. The van der Waals surface area contributed by atoms with Crippen molar-refractivity contribution in [3.8, 4) is 0 Å². The number of esters is 1. The van der Waals surface area contributed by atoms with Crippen molar-refractivity contribution in [2.45, 2.75) is 49.1 Å². The molecule has 0 saturated carbocycles. The highest BCUT2D eigenvalue weighted by Gasteiger charge is 2.35. The third kappa shape index (κ3) is 6.16. The predicted octanol–water partition coefficient (Wildman–Crippen LogP) is 4.12. The van der Waals surface area contributed by atoms with Crippen molar-refractivity contribution in [2.24, 2.45) is 0 Å². The van der Waals surface area contributed by atoms with E-state index in [1.807, 2.05) is 37.3 Å². The second kappa shape index (κ2) is 8.54. The van der Waals surface area contributed by atoms with Crippen molar-refractivity contribution in [2.75, 3.05) is 0 Å². The van der Waals surface area contributed by atoms with Crippen LogP contribution in [0.2, 0.25) is 0 Å². The molecule has 7 heteroatoms. The number of halogens is 1. The fraction of sp³-hybridized carbons (Fsp3) is 0.350. The Hall–Kier alpha value is -1.70. The Bertz CT molecular complexity index is 874. The summed E-state index contributed by atoms with van der Waals surface area (Å²) in [6, 6.07) is 14.4. The lowest BCUT2D eigenvalue weighted by Crippen LogP contribution is -2.46. The Balaban J connectivity index is 2.36. The van der Waals surface area contributed by atoms with Gasteiger partial charge in [-0.1, -0.05) is 64.0 Å². The van der Waals surface area contributed by atoms with Gasteiger partial charge in [0.15, 0.2) is 0 Å². The van der Waals surface area contributed by atoms with E-state index in [2.05, 4.69) is 20.7 Å². The van der Waals surface area contributed by atoms with Gasteiger partial charge in [-0.3, -0.25) is 4.79 Å². The van der Waals surface area contributed by atoms with Crippen molar-refractivity contribution in [1.29, 1.82) is 0 Å². The first-order valence-electron chi connectivity index (χ1n) is 8.50. The summed E-state index contributed by atoms with van der Waals surface area (Å²) >= 11 is 3.47. The van der Waals surface area contributed by atoms with E-state index in [4.69, 9.17) is 4.74 Å². The molecule has 0 spiro atoms. The van der Waals surface area contributed by atoms with Crippen LogP contribution in [0.5, 0.6) is 0 Å². The van der Waals surface area contributed by atoms with Crippen LogP contribution in [0.4, 0.5) is 0 Å². The average Bonchev–Trinajstić information content (AvgIpc) is 2.59. The number of hydrogen-bond donors (Lipinski definition) is 1. The molecule has 0 aliphatic heterocycles. The lowest BCUT2D eigenvalue weighted by Gasteiger charge is -2.27. The number of benzene rings is 2. The molecule has 0 heterocycles. The molecular formula is C20H24BrNO4S. The number of sulfonamides is 1. The molecule has 0 saturated heterocycles. The van der Waals surface area contributed by atoms with Gasteiger partial charge in [-0.2, -0.15) is 4.72 Å². The van der Waals surface area contributed by atoms with E-state index in [9.17, 15) is 13.2 Å². The van der Waals surface area contributed by atoms with Gasteiger partial charge in [0.1, 0.15) is 11.6 Å². The maximum Gasteiger partial charge on any atom is 0.326 e. The molecule has 2 atom stereocenters. The van der Waals surface area contributed by atoms with Gasteiger partial charge in [0.05, 0.1) is 9.72 Å². The van der Waals surface area contributed by atoms with E-state index in [0.717, 1.165) is 11.1 Å². The number of ether oxygens (including phenoxy) is 1. The van der Waals surface area contributed by atoms with Gasteiger partial charge in [0.2, 0.25) is 10.0 Å². The van der Waals surface area contributed by atoms with E-state index in [1.54, 1.807) is 32.9 Å². The minimum atomic E-state index is -3.91.